The van der Waals surface area contributed by atoms with Crippen LogP contribution in [0.1, 0.15) is 64.2 Å². The Bertz CT molecular complexity index is 502. The lowest BCUT2D eigenvalue weighted by atomic mass is 10.0. The molecule has 1 N–H and O–H groups in total. The van der Waals surface area contributed by atoms with Crippen molar-refractivity contribution in [3.8, 4) is 0 Å². The summed E-state index contributed by atoms with van der Waals surface area (Å²) >= 11 is 0. The van der Waals surface area contributed by atoms with Gasteiger partial charge < -0.3 is 9.73 Å². The molecule has 4 nitrogen and oxygen atoms in total. The SMILES string of the molecule is CC(C)(C)NCCCc1nnc(C2C3C4CCC(C4)C23)o1. The van der Waals surface area contributed by atoms with E-state index in [4.69, 9.17) is 4.42 Å². The van der Waals surface area contributed by atoms with Gasteiger partial charge in [0, 0.05) is 17.9 Å². The maximum absolute atomic E-state index is 5.95. The van der Waals surface area contributed by atoms with Gasteiger partial charge in [0.25, 0.3) is 0 Å². The van der Waals surface area contributed by atoms with Crippen LogP contribution >= 0.6 is 0 Å². The van der Waals surface area contributed by atoms with Gasteiger partial charge in [-0.25, -0.2) is 0 Å². The van der Waals surface area contributed by atoms with E-state index in [0.29, 0.717) is 5.92 Å². The van der Waals surface area contributed by atoms with Crippen molar-refractivity contribution in [2.45, 2.75) is 64.3 Å². The lowest BCUT2D eigenvalue weighted by Gasteiger charge is -2.19. The molecule has 1 aromatic rings. The normalized spacial score (nSPS) is 37.0. The Labute approximate surface area is 127 Å². The van der Waals surface area contributed by atoms with Crippen molar-refractivity contribution in [3.05, 3.63) is 11.8 Å². The number of nitrogens with zero attached hydrogens (tertiary/aromatic N) is 2. The second-order valence-corrected chi connectivity index (χ2v) is 8.33. The molecule has 1 heterocycles. The number of aromatic nitrogens is 2. The number of nitrogens with one attached hydrogen (secondary N) is 1. The third kappa shape index (κ3) is 2.52. The molecule has 3 saturated carbocycles. The summed E-state index contributed by atoms with van der Waals surface area (Å²) < 4.78 is 5.95. The Hall–Kier alpha value is -0.900. The van der Waals surface area contributed by atoms with Crippen LogP contribution in [-0.4, -0.2) is 22.3 Å². The van der Waals surface area contributed by atoms with Crippen LogP contribution < -0.4 is 5.32 Å². The van der Waals surface area contributed by atoms with Crippen LogP contribution in [0.15, 0.2) is 4.42 Å². The highest BCUT2D eigenvalue weighted by atomic mass is 16.4. The summed E-state index contributed by atoms with van der Waals surface area (Å²) in [6, 6.07) is 0. The highest BCUT2D eigenvalue weighted by Gasteiger charge is 2.67. The first-order valence-corrected chi connectivity index (χ1v) is 8.60. The molecule has 116 valence electrons. The van der Waals surface area contributed by atoms with Gasteiger partial charge in [-0.15, -0.1) is 10.2 Å². The third-order valence-electron chi connectivity index (χ3n) is 5.73. The molecular weight excluding hydrogens is 262 g/mol. The Morgan fingerprint density at radius 3 is 2.52 bits per heavy atom. The molecule has 3 aliphatic carbocycles. The minimum Gasteiger partial charge on any atom is -0.425 e. The summed E-state index contributed by atoms with van der Waals surface area (Å²) in [5.74, 6) is 6.11. The monoisotopic (exact) mass is 289 g/mol. The lowest BCUT2D eigenvalue weighted by Crippen LogP contribution is -2.36. The molecule has 0 saturated heterocycles. The highest BCUT2D eigenvalue weighted by Crippen LogP contribution is 2.72. The van der Waals surface area contributed by atoms with Gasteiger partial charge in [-0.2, -0.15) is 0 Å². The first-order valence-electron chi connectivity index (χ1n) is 8.60. The average Bonchev–Trinajstić information content (AvgIpc) is 2.83. The Morgan fingerprint density at radius 1 is 1.14 bits per heavy atom. The molecule has 0 aliphatic heterocycles. The molecule has 3 fully saturated rings. The standard InChI is InChI=1S/C17H27N3O/c1-17(2,3)18-8-4-5-12-19-20-16(21-12)15-13-10-6-7-11(9-10)14(13)15/h10-11,13-15,18H,4-9H2,1-3H3. The summed E-state index contributed by atoms with van der Waals surface area (Å²) in [6.45, 7) is 7.58. The fourth-order valence-electron chi connectivity index (χ4n) is 4.86. The molecule has 0 spiro atoms. The third-order valence-corrected chi connectivity index (χ3v) is 5.73. The van der Waals surface area contributed by atoms with Crippen LogP contribution in [0.25, 0.3) is 0 Å². The molecule has 1 aromatic heterocycles. The Morgan fingerprint density at radius 2 is 1.86 bits per heavy atom. The second kappa shape index (κ2) is 4.80. The van der Waals surface area contributed by atoms with E-state index in [0.717, 1.165) is 54.8 Å². The van der Waals surface area contributed by atoms with Crippen molar-refractivity contribution in [1.29, 1.82) is 0 Å². The van der Waals surface area contributed by atoms with E-state index in [9.17, 15) is 0 Å². The largest absolute Gasteiger partial charge is 0.425 e. The summed E-state index contributed by atoms with van der Waals surface area (Å²) in [4.78, 5) is 0. The van der Waals surface area contributed by atoms with Gasteiger partial charge in [-0.1, -0.05) is 0 Å². The van der Waals surface area contributed by atoms with E-state index < -0.39 is 0 Å². The number of rotatable bonds is 5. The molecule has 4 rings (SSSR count). The first-order chi connectivity index (χ1) is 10.0. The fraction of sp³-hybridized carbons (Fsp3) is 0.882. The van der Waals surface area contributed by atoms with Crippen LogP contribution in [0.4, 0.5) is 0 Å². The summed E-state index contributed by atoms with van der Waals surface area (Å²) in [5, 5.41) is 12.1. The molecule has 3 aliphatic rings. The zero-order valence-electron chi connectivity index (χ0n) is 13.4. The van der Waals surface area contributed by atoms with Crippen LogP contribution in [0.3, 0.4) is 0 Å². The maximum atomic E-state index is 5.95. The number of fused-ring (bicyclic) bond motifs is 5. The van der Waals surface area contributed by atoms with E-state index in [1.165, 1.54) is 19.3 Å². The van der Waals surface area contributed by atoms with Gasteiger partial charge in [0.2, 0.25) is 11.8 Å². The van der Waals surface area contributed by atoms with Crippen molar-refractivity contribution >= 4 is 0 Å². The molecule has 4 heteroatoms. The van der Waals surface area contributed by atoms with Gasteiger partial charge in [-0.3, -0.25) is 0 Å². The minimum atomic E-state index is 0.185. The van der Waals surface area contributed by atoms with Crippen LogP contribution in [0.2, 0.25) is 0 Å². The molecule has 4 atom stereocenters. The molecule has 4 unspecified atom stereocenters. The smallest absolute Gasteiger partial charge is 0.220 e. The van der Waals surface area contributed by atoms with E-state index in [1.54, 1.807) is 0 Å². The Balaban J connectivity index is 1.29. The quantitative estimate of drug-likeness (QED) is 0.846. The lowest BCUT2D eigenvalue weighted by molar-refractivity contribution is 0.393. The fourth-order valence-corrected chi connectivity index (χ4v) is 4.86. The predicted molar refractivity (Wildman–Crippen MR) is 80.9 cm³/mol. The molecule has 0 amide bonds. The second-order valence-electron chi connectivity index (χ2n) is 8.33. The van der Waals surface area contributed by atoms with E-state index >= 15 is 0 Å². The van der Waals surface area contributed by atoms with Gasteiger partial charge in [0.05, 0.1) is 0 Å². The molecule has 21 heavy (non-hydrogen) atoms. The number of hydrogen-bond donors (Lipinski definition) is 1. The average molecular weight is 289 g/mol. The first kappa shape index (κ1) is 13.7. The molecular formula is C17H27N3O. The topological polar surface area (TPSA) is 51.0 Å². The van der Waals surface area contributed by atoms with Gasteiger partial charge in [-0.05, 0) is 76.7 Å². The van der Waals surface area contributed by atoms with Crippen molar-refractivity contribution in [1.82, 2.24) is 15.5 Å². The van der Waals surface area contributed by atoms with Crippen molar-refractivity contribution in [2.24, 2.45) is 23.7 Å². The van der Waals surface area contributed by atoms with Gasteiger partial charge in [0.1, 0.15) is 0 Å². The minimum absolute atomic E-state index is 0.185. The van der Waals surface area contributed by atoms with E-state index in [2.05, 4.69) is 36.3 Å². The number of aryl methyl sites for hydroxylation is 1. The predicted octanol–water partition coefficient (Wildman–Crippen LogP) is 3.15. The van der Waals surface area contributed by atoms with Gasteiger partial charge in [0.15, 0.2) is 0 Å². The molecule has 0 aromatic carbocycles. The van der Waals surface area contributed by atoms with E-state index in [-0.39, 0.29) is 5.54 Å². The highest BCUT2D eigenvalue weighted by molar-refractivity contribution is 5.22. The molecule has 2 bridgehead atoms. The van der Waals surface area contributed by atoms with Crippen LogP contribution in [0, 0.1) is 23.7 Å². The van der Waals surface area contributed by atoms with Crippen molar-refractivity contribution < 1.29 is 4.42 Å². The van der Waals surface area contributed by atoms with E-state index in [1.807, 2.05) is 0 Å². The van der Waals surface area contributed by atoms with Gasteiger partial charge >= 0.3 is 0 Å². The zero-order valence-corrected chi connectivity index (χ0v) is 13.4. The van der Waals surface area contributed by atoms with Crippen LogP contribution in [0.5, 0.6) is 0 Å². The molecule has 0 radical (unpaired) electrons. The summed E-state index contributed by atoms with van der Waals surface area (Å²) in [7, 11) is 0. The van der Waals surface area contributed by atoms with Crippen molar-refractivity contribution in [2.75, 3.05) is 6.54 Å². The Kier molecular flexibility index (Phi) is 3.14. The number of hydrogen-bond acceptors (Lipinski definition) is 4. The van der Waals surface area contributed by atoms with Crippen molar-refractivity contribution in [3.63, 3.8) is 0 Å². The van der Waals surface area contributed by atoms with Crippen LogP contribution in [-0.2, 0) is 6.42 Å². The maximum Gasteiger partial charge on any atom is 0.220 e. The summed E-state index contributed by atoms with van der Waals surface area (Å²) in [5.41, 5.74) is 0.185. The zero-order chi connectivity index (χ0) is 14.6. The summed E-state index contributed by atoms with van der Waals surface area (Å²) in [6.07, 6.45) is 6.32.